The summed E-state index contributed by atoms with van der Waals surface area (Å²) in [4.78, 5) is 142. The number of rotatable bonds is 21. The Balaban J connectivity index is 1.09. The zero-order chi connectivity index (χ0) is 89.4. The van der Waals surface area contributed by atoms with Gasteiger partial charge >= 0.3 is 59.7 Å². The first-order valence-corrected chi connectivity index (χ1v) is 33.2. The lowest BCUT2D eigenvalue weighted by atomic mass is 9.97. The summed E-state index contributed by atoms with van der Waals surface area (Å²) in [7, 11) is 0. The maximum atomic E-state index is 15.3. The number of esters is 10. The van der Waals surface area contributed by atoms with E-state index in [2.05, 4.69) is 0 Å². The Labute approximate surface area is 671 Å². The van der Waals surface area contributed by atoms with Crippen LogP contribution in [0.1, 0.15) is 104 Å². The molecule has 1 unspecified atom stereocenters. The Hall–Kier alpha value is -18.1. The first-order chi connectivity index (χ1) is 57.4. The van der Waals surface area contributed by atoms with Gasteiger partial charge in [-0.3, -0.25) is 0 Å². The monoisotopic (exact) mass is 1700 g/mol. The normalized spacial score (nSPS) is 14.6. The Morgan fingerprint density at radius 3 is 0.598 bits per heavy atom. The van der Waals surface area contributed by atoms with Gasteiger partial charge in [0.25, 0.3) is 0 Å². The van der Waals surface area contributed by atoms with Crippen LogP contribution in [0, 0.1) is 0 Å². The zero-order valence-corrected chi connectivity index (χ0v) is 59.9. The number of phenolic OH excluding ortho intramolecular Hbond substituents is 25. The van der Waals surface area contributed by atoms with Gasteiger partial charge in [-0.15, -0.1) is 0 Å². The smallest absolute Gasteiger partial charge is 0.343 e. The molecule has 0 bridgehead atoms. The van der Waals surface area contributed by atoms with E-state index in [4.69, 9.17) is 52.1 Å². The summed E-state index contributed by atoms with van der Waals surface area (Å²) in [6, 6.07) is 8.56. The maximum Gasteiger partial charge on any atom is 0.343 e. The summed E-state index contributed by atoms with van der Waals surface area (Å²) in [5.41, 5.74) is -9.89. The van der Waals surface area contributed by atoms with E-state index in [0.717, 1.165) is 0 Å². The molecule has 632 valence electrons. The molecule has 0 amide bonds. The highest BCUT2D eigenvalue weighted by Gasteiger charge is 2.55. The Bertz CT molecular complexity index is 5970. The Morgan fingerprint density at radius 2 is 0.377 bits per heavy atom. The summed E-state index contributed by atoms with van der Waals surface area (Å²) in [5, 5.41) is 261. The van der Waals surface area contributed by atoms with Crippen LogP contribution in [0.2, 0.25) is 0 Å². The van der Waals surface area contributed by atoms with E-state index < -0.39 is 325 Å². The number of carbonyl (C=O) groups is 10. The van der Waals surface area contributed by atoms with E-state index in [0.29, 0.717) is 121 Å². The number of ether oxygens (including phenoxy) is 11. The van der Waals surface area contributed by atoms with Crippen molar-refractivity contribution in [3.63, 3.8) is 0 Å². The van der Waals surface area contributed by atoms with Gasteiger partial charge in [-0.25, -0.2) is 47.9 Å². The molecule has 0 saturated carbocycles. The summed E-state index contributed by atoms with van der Waals surface area (Å²) in [5.74, 6) is -56.0. The third kappa shape index (κ3) is 17.6. The number of benzene rings is 10. The Kier molecular flexibility index (Phi) is 23.2. The Morgan fingerprint density at radius 1 is 0.205 bits per heavy atom. The molecule has 122 heavy (non-hydrogen) atoms. The van der Waals surface area contributed by atoms with Crippen LogP contribution in [0.4, 0.5) is 0 Å². The maximum absolute atomic E-state index is 15.3. The second-order valence-electron chi connectivity index (χ2n) is 25.1. The minimum Gasteiger partial charge on any atom is -0.504 e. The van der Waals surface area contributed by atoms with Gasteiger partial charge in [0.1, 0.15) is 12.7 Å². The minimum atomic E-state index is -3.12. The highest BCUT2D eigenvalue weighted by Crippen LogP contribution is 2.48. The molecular weight excluding hydrogens is 1650 g/mol. The zero-order valence-electron chi connectivity index (χ0n) is 59.9. The van der Waals surface area contributed by atoms with Crippen molar-refractivity contribution in [3.05, 3.63) is 177 Å². The molecule has 0 aliphatic carbocycles. The van der Waals surface area contributed by atoms with Crippen molar-refractivity contribution in [2.75, 3.05) is 6.61 Å². The number of phenols is 25. The van der Waals surface area contributed by atoms with Gasteiger partial charge in [0.05, 0.1) is 55.6 Å². The fourth-order valence-electron chi connectivity index (χ4n) is 10.8. The third-order valence-corrected chi connectivity index (χ3v) is 16.9. The van der Waals surface area contributed by atoms with Gasteiger partial charge in [0.2, 0.25) is 41.1 Å². The summed E-state index contributed by atoms with van der Waals surface area (Å²) in [6.07, 6.45) is -15.1. The van der Waals surface area contributed by atoms with E-state index in [1.54, 1.807) is 0 Å². The summed E-state index contributed by atoms with van der Waals surface area (Å²) < 4.78 is 60.4. The quantitative estimate of drug-likeness (QED) is 0.0198. The van der Waals surface area contributed by atoms with Crippen LogP contribution in [0.25, 0.3) is 0 Å². The molecule has 10 aromatic carbocycles. The SMILES string of the molecule is O=C(OCC1O[C@H](OC(=O)c2cc(O)c(O)c(OC(=O)c3cc(O)c(O)c(O)c3)c2)[C@H](OC(=O)c2cc(O)c(O)c(OC(=O)c3cc(O)c(O)c(O)c3)c2)[C@@H](OC(=O)c2cc(O)c(O)c(OC(=O)c3cc(O)c(O)c(O)c3)c2)[C@@H]1OC(=O)c1cc(O)c(O)c(OC(=O)c2cc(O)c(O)c(O)c2)c1)c1cc(O)c(O)c(OC(=O)c2cc(O)c(O)c(O)c2)c1. The van der Waals surface area contributed by atoms with E-state index in [9.17, 15) is 161 Å². The lowest BCUT2D eigenvalue weighted by molar-refractivity contribution is -0.282. The van der Waals surface area contributed by atoms with Crippen LogP contribution in [-0.2, 0) is 28.4 Å². The molecule has 0 spiro atoms. The third-order valence-electron chi connectivity index (χ3n) is 16.9. The lowest BCUT2D eigenvalue weighted by Crippen LogP contribution is -2.63. The van der Waals surface area contributed by atoms with Crippen LogP contribution in [0.5, 0.6) is 172 Å². The predicted octanol–water partition coefficient (Wildman–Crippen LogP) is 4.84. The highest BCUT2D eigenvalue weighted by molar-refractivity contribution is 6.00. The van der Waals surface area contributed by atoms with Gasteiger partial charge in [0, 0.05) is 0 Å². The molecular formula is C76H52O46. The fourth-order valence-corrected chi connectivity index (χ4v) is 10.8. The van der Waals surface area contributed by atoms with Crippen LogP contribution in [0.3, 0.4) is 0 Å². The van der Waals surface area contributed by atoms with Crippen molar-refractivity contribution in [1.82, 2.24) is 0 Å². The van der Waals surface area contributed by atoms with Crippen LogP contribution < -0.4 is 23.7 Å². The predicted molar refractivity (Wildman–Crippen MR) is 383 cm³/mol. The van der Waals surface area contributed by atoms with Crippen molar-refractivity contribution in [3.8, 4) is 172 Å². The molecule has 1 aliphatic rings. The second-order valence-corrected chi connectivity index (χ2v) is 25.1. The number of aromatic hydroxyl groups is 25. The van der Waals surface area contributed by atoms with Crippen molar-refractivity contribution in [2.45, 2.75) is 30.7 Å². The average molecular weight is 1700 g/mol. The molecule has 5 atom stereocenters. The molecule has 0 aromatic heterocycles. The van der Waals surface area contributed by atoms with Crippen LogP contribution in [-0.4, -0.2) is 225 Å². The van der Waals surface area contributed by atoms with E-state index in [1.807, 2.05) is 0 Å². The molecule has 1 fully saturated rings. The average Bonchev–Trinajstić information content (AvgIpc) is 0.764. The largest absolute Gasteiger partial charge is 0.504 e. The highest BCUT2D eigenvalue weighted by atomic mass is 16.8. The van der Waals surface area contributed by atoms with Crippen molar-refractivity contribution < 1.29 is 228 Å². The van der Waals surface area contributed by atoms with Crippen LogP contribution >= 0.6 is 0 Å². The first kappa shape index (κ1) is 84.8. The topological polar surface area (TPSA) is 778 Å². The lowest BCUT2D eigenvalue weighted by Gasteiger charge is -2.43. The molecule has 10 aromatic rings. The fraction of sp³-hybridized carbons (Fsp3) is 0.0789. The second kappa shape index (κ2) is 33.4. The molecule has 46 nitrogen and oxygen atoms in total. The van der Waals surface area contributed by atoms with Gasteiger partial charge < -0.3 is 180 Å². The molecule has 1 saturated heterocycles. The summed E-state index contributed by atoms with van der Waals surface area (Å²) >= 11 is 0. The molecule has 1 heterocycles. The first-order valence-electron chi connectivity index (χ1n) is 33.2. The standard InChI is InChI=1S/C76H52O46/c77-32-1-22(2-33(78)53(32)92)67(103)113-47-16-27(11-42(87)58(47)97)66(102)112-21-52-63(119-72(108)28-12-43(88)59(98)48(17-28)114-68(104)23-3-34(79)54(93)35(80)4-23)64(120-73(109)29-13-44(89)60(99)49(18-29)115-69(105)24-5-36(81)55(94)37(82)6-24)65(121-74(110)30-14-45(90)61(100)50(19-30)116-70(106)25-7-38(83)56(95)39(84)8-25)76(118-52)122-75(111)31-15-46(91)62(101)51(20-31)117-71(107)26-9-40(85)57(96)41(86)10-26/h1-20,52,63-65,76-101H,21H2/t52?,63-,64+,65-,76-/m1/s1. The number of carbonyl (C=O) groups excluding carboxylic acids is 10. The number of hydrogen-bond donors (Lipinski definition) is 25. The van der Waals surface area contributed by atoms with Gasteiger partial charge in [-0.2, -0.15) is 0 Å². The van der Waals surface area contributed by atoms with Gasteiger partial charge in [-0.1, -0.05) is 0 Å². The van der Waals surface area contributed by atoms with E-state index in [1.165, 1.54) is 0 Å². The van der Waals surface area contributed by atoms with E-state index in [-0.39, 0.29) is 0 Å². The van der Waals surface area contributed by atoms with Crippen molar-refractivity contribution in [2.24, 2.45) is 0 Å². The summed E-state index contributed by atoms with van der Waals surface area (Å²) in [6.45, 7) is -1.71. The van der Waals surface area contributed by atoms with Crippen molar-refractivity contribution in [1.29, 1.82) is 0 Å². The number of hydrogen-bond acceptors (Lipinski definition) is 46. The van der Waals surface area contributed by atoms with Gasteiger partial charge in [0.15, 0.2) is 156 Å². The van der Waals surface area contributed by atoms with Crippen LogP contribution in [0.15, 0.2) is 121 Å². The molecule has 25 N–H and O–H groups in total. The molecule has 11 rings (SSSR count). The molecule has 1 aliphatic heterocycles. The van der Waals surface area contributed by atoms with Gasteiger partial charge in [-0.05, 0) is 121 Å². The van der Waals surface area contributed by atoms with Crippen molar-refractivity contribution >= 4 is 59.7 Å². The molecule has 0 radical (unpaired) electrons. The molecule has 46 heteroatoms. The minimum absolute atomic E-state index is 0.295. The van der Waals surface area contributed by atoms with E-state index >= 15 is 14.4 Å².